The molecule has 0 fully saturated rings. The van der Waals surface area contributed by atoms with Crippen molar-refractivity contribution in [2.24, 2.45) is 0 Å². The average Bonchev–Trinajstić information content (AvgIpc) is 2.81. The van der Waals surface area contributed by atoms with Crippen LogP contribution in [-0.4, -0.2) is 44.6 Å². The summed E-state index contributed by atoms with van der Waals surface area (Å²) in [5.41, 5.74) is 1.25. The van der Waals surface area contributed by atoms with Gasteiger partial charge in [-0.3, -0.25) is 9.69 Å². The monoisotopic (exact) mass is 716 g/mol. The van der Waals surface area contributed by atoms with Gasteiger partial charge in [0.1, 0.15) is 11.6 Å². The van der Waals surface area contributed by atoms with Gasteiger partial charge >= 0.3 is 0 Å². The molecule has 0 atom stereocenters. The Balaban J connectivity index is 0.000000675. The zero-order chi connectivity index (χ0) is 23.2. The van der Waals surface area contributed by atoms with Crippen molar-refractivity contribution in [3.05, 3.63) is 54.9 Å². The maximum absolute atomic E-state index is 5.63. The zero-order valence-corrected chi connectivity index (χ0v) is 23.6. The highest BCUT2D eigenvalue weighted by atomic mass is 127. The fraction of sp³-hybridized carbons (Fsp3) is 0.409. The van der Waals surface area contributed by atoms with Crippen LogP contribution in [-0.2, 0) is 6.42 Å². The topological polar surface area (TPSA) is 101 Å². The molecule has 0 radical (unpaired) electrons. The first kappa shape index (κ1) is 32.4. The summed E-state index contributed by atoms with van der Waals surface area (Å²) >= 11 is 10.0. The van der Waals surface area contributed by atoms with Crippen LogP contribution in [0.15, 0.2) is 36.9 Å². The number of nitrogens with one attached hydrogen (secondary N) is 3. The van der Waals surface area contributed by atoms with Crippen molar-refractivity contribution < 1.29 is 4.70 Å². The number of hydrogen-bond donors (Lipinski definition) is 3. The molecule has 0 unspecified atom stereocenters. The van der Waals surface area contributed by atoms with Gasteiger partial charge in [-0.05, 0) is 93.7 Å². The molecule has 12 heteroatoms. The van der Waals surface area contributed by atoms with Crippen LogP contribution in [0.3, 0.4) is 0 Å². The molecule has 0 spiro atoms. The highest BCUT2D eigenvalue weighted by Crippen LogP contribution is 2.16. The van der Waals surface area contributed by atoms with E-state index < -0.39 is 0 Å². The number of rotatable bonds is 10. The van der Waals surface area contributed by atoms with Crippen molar-refractivity contribution in [2.75, 3.05) is 35.6 Å². The molecule has 0 aliphatic carbocycles. The van der Waals surface area contributed by atoms with Crippen LogP contribution < -0.4 is 16.0 Å². The van der Waals surface area contributed by atoms with Crippen LogP contribution in [0.4, 0.5) is 22.3 Å². The number of pyridine rings is 1. The fourth-order valence-electron chi connectivity index (χ4n) is 2.40. The molecule has 34 heavy (non-hydrogen) atoms. The molecule has 3 N–H and O–H groups in total. The van der Waals surface area contributed by atoms with Gasteiger partial charge in [0.05, 0.1) is 7.14 Å². The van der Waals surface area contributed by atoms with Crippen LogP contribution in [0.25, 0.3) is 0 Å². The third-order valence-corrected chi connectivity index (χ3v) is 5.75. The summed E-state index contributed by atoms with van der Waals surface area (Å²) in [6.45, 7) is 6.86. The molecule has 3 aromatic rings. The second-order valence-electron chi connectivity index (χ2n) is 6.61. The third kappa shape index (κ3) is 12.2. The van der Waals surface area contributed by atoms with Gasteiger partial charge in [0.25, 0.3) is 0 Å². The van der Waals surface area contributed by atoms with E-state index in [1.54, 1.807) is 6.20 Å². The highest BCUT2D eigenvalue weighted by Gasteiger charge is 2.04. The molecule has 0 aliphatic heterocycles. The zero-order valence-electron chi connectivity index (χ0n) is 18.5. The molecule has 0 bridgehead atoms. The van der Waals surface area contributed by atoms with E-state index in [2.05, 4.69) is 99.9 Å². The summed E-state index contributed by atoms with van der Waals surface area (Å²) in [4.78, 5) is 20.7. The normalized spacial score (nSPS) is 9.56. The molecule has 3 rings (SSSR count). The molecule has 0 amide bonds. The Bertz CT molecular complexity index is 953. The first-order valence-electron chi connectivity index (χ1n) is 10.3. The number of anilines is 3. The van der Waals surface area contributed by atoms with Gasteiger partial charge in [-0.15, -0.1) is 0 Å². The average molecular weight is 717 g/mol. The van der Waals surface area contributed by atoms with Gasteiger partial charge < -0.3 is 16.0 Å². The Morgan fingerprint density at radius 1 is 0.824 bits per heavy atom. The maximum atomic E-state index is 5.63. The molecule has 0 aromatic carbocycles. The predicted octanol–water partition coefficient (Wildman–Crippen LogP) is 6.30. The molecule has 0 saturated heterocycles. The van der Waals surface area contributed by atoms with E-state index in [4.69, 9.17) is 11.6 Å². The van der Waals surface area contributed by atoms with Crippen molar-refractivity contribution in [1.29, 1.82) is 0 Å². The smallest absolute Gasteiger partial charge is 0.224 e. The van der Waals surface area contributed by atoms with E-state index in [1.807, 2.05) is 30.7 Å². The molecule has 0 saturated carbocycles. The van der Waals surface area contributed by atoms with Crippen LogP contribution in [0, 0.1) is 7.14 Å². The largest absolute Gasteiger partial charge is 0.369 e. The second kappa shape index (κ2) is 18.7. The lowest BCUT2D eigenvalue weighted by Crippen LogP contribution is -2.11. The van der Waals surface area contributed by atoms with Gasteiger partial charge in [0, 0.05) is 44.4 Å². The summed E-state index contributed by atoms with van der Waals surface area (Å²) in [6, 6.07) is 4.04. The molecule has 0 aliphatic rings. The summed E-state index contributed by atoms with van der Waals surface area (Å²) < 4.78 is 2.03. The summed E-state index contributed by atoms with van der Waals surface area (Å²) in [7, 11) is 0. The van der Waals surface area contributed by atoms with Gasteiger partial charge in [-0.25, -0.2) is 9.97 Å². The van der Waals surface area contributed by atoms with E-state index in [0.29, 0.717) is 5.95 Å². The van der Waals surface area contributed by atoms with Crippen LogP contribution in [0.2, 0.25) is 5.28 Å². The third-order valence-electron chi connectivity index (χ3n) is 3.99. The Hall–Kier alpha value is -1.61. The summed E-state index contributed by atoms with van der Waals surface area (Å²) in [5, 5.41) is 10.0. The Labute approximate surface area is 233 Å². The number of aromatic nitrogens is 5. The van der Waals surface area contributed by atoms with Crippen molar-refractivity contribution >= 4 is 74.4 Å². The quantitative estimate of drug-likeness (QED) is 0.166. The Morgan fingerprint density at radius 3 is 1.97 bits per heavy atom. The standard InChI is InChI=1S/C14H18IN5.C7H9ClIN3.CH4.FH/c1-2-6-17-13-12(15)10-19-14(20-13)18-9-5-11-3-7-16-8-4-11;1-2-3-10-6-5(9)4-11-7(8)12-6;;/h3-4,7-8,10H,2,5-6,9H2,1H3,(H2,17,18,19,20);4H,2-3H2,1H3,(H,10,11,12);1H4;1H. The van der Waals surface area contributed by atoms with Gasteiger partial charge in [-0.1, -0.05) is 21.3 Å². The number of hydrogen-bond acceptors (Lipinski definition) is 8. The van der Waals surface area contributed by atoms with Gasteiger partial charge in [0.15, 0.2) is 0 Å². The van der Waals surface area contributed by atoms with E-state index >= 15 is 0 Å². The fourth-order valence-corrected chi connectivity index (χ4v) is 3.44. The maximum Gasteiger partial charge on any atom is 0.224 e. The Morgan fingerprint density at radius 2 is 1.38 bits per heavy atom. The van der Waals surface area contributed by atoms with Crippen LogP contribution >= 0.6 is 56.8 Å². The van der Waals surface area contributed by atoms with Crippen molar-refractivity contribution in [3.63, 3.8) is 0 Å². The van der Waals surface area contributed by atoms with E-state index in [-0.39, 0.29) is 17.4 Å². The second-order valence-corrected chi connectivity index (χ2v) is 9.27. The first-order valence-corrected chi connectivity index (χ1v) is 12.9. The lowest BCUT2D eigenvalue weighted by molar-refractivity contribution is 0.949. The summed E-state index contributed by atoms with van der Waals surface area (Å²) in [6.07, 6.45) is 10.2. The number of halogens is 4. The minimum absolute atomic E-state index is 0. The molecule has 188 valence electrons. The van der Waals surface area contributed by atoms with Crippen molar-refractivity contribution in [3.8, 4) is 0 Å². The number of nitrogens with zero attached hydrogens (tertiary/aromatic N) is 5. The SMILES string of the molecule is C.CCCNc1nc(Cl)ncc1I.CCCNc1nc(NCCc2ccncc2)ncc1I.F. The highest BCUT2D eigenvalue weighted by molar-refractivity contribution is 14.1. The van der Waals surface area contributed by atoms with E-state index in [0.717, 1.165) is 57.7 Å². The van der Waals surface area contributed by atoms with E-state index in [1.165, 1.54) is 5.56 Å². The van der Waals surface area contributed by atoms with Crippen molar-refractivity contribution in [2.45, 2.75) is 40.5 Å². The predicted molar refractivity (Wildman–Crippen MR) is 158 cm³/mol. The lowest BCUT2D eigenvalue weighted by Gasteiger charge is -2.09. The van der Waals surface area contributed by atoms with Crippen molar-refractivity contribution in [1.82, 2.24) is 24.9 Å². The van der Waals surface area contributed by atoms with Crippen LogP contribution in [0.5, 0.6) is 0 Å². The molecular formula is C22H32ClFI2N8. The van der Waals surface area contributed by atoms with Crippen LogP contribution in [0.1, 0.15) is 39.7 Å². The lowest BCUT2D eigenvalue weighted by atomic mass is 10.2. The minimum atomic E-state index is 0. The molecule has 3 aromatic heterocycles. The van der Waals surface area contributed by atoms with Gasteiger partial charge in [0.2, 0.25) is 11.2 Å². The molecule has 8 nitrogen and oxygen atoms in total. The first-order chi connectivity index (χ1) is 15.5. The summed E-state index contributed by atoms with van der Waals surface area (Å²) in [5.74, 6) is 2.38. The molecular weight excluding hydrogens is 685 g/mol. The van der Waals surface area contributed by atoms with Gasteiger partial charge in [-0.2, -0.15) is 9.97 Å². The minimum Gasteiger partial charge on any atom is -0.369 e. The molecule has 3 heterocycles. The Kier molecular flexibility index (Phi) is 17.8. The van der Waals surface area contributed by atoms with E-state index in [9.17, 15) is 0 Å².